The number of aryl methyl sites for hydroxylation is 1. The summed E-state index contributed by atoms with van der Waals surface area (Å²) in [6.07, 6.45) is 0.305. The maximum atomic E-state index is 15.3. The fraction of sp³-hybridized carbons (Fsp3) is 0.739. The zero-order valence-electron chi connectivity index (χ0n) is 61.3. The van der Waals surface area contributed by atoms with Gasteiger partial charge in [0.1, 0.15) is 61.7 Å². The monoisotopic (exact) mass is 1460 g/mol. The van der Waals surface area contributed by atoms with Crippen LogP contribution in [-0.2, 0) is 74.9 Å². The van der Waals surface area contributed by atoms with Gasteiger partial charge >= 0.3 is 6.18 Å². The molecule has 32 heteroatoms. The van der Waals surface area contributed by atoms with Gasteiger partial charge in [-0.05, 0) is 87.3 Å². The van der Waals surface area contributed by atoms with Crippen LogP contribution in [-0.4, -0.2) is 304 Å². The van der Waals surface area contributed by atoms with Gasteiger partial charge in [-0.3, -0.25) is 62.4 Å². The number of carbonyl (C=O) groups is 12. The number of likely N-dealkylation sites (N-methyl/N-ethyl adjacent to an activating group) is 8. The van der Waals surface area contributed by atoms with E-state index in [0.29, 0.717) is 32.4 Å². The Kier molecular flexibility index (Phi) is 34.6. The Morgan fingerprint density at radius 2 is 1.22 bits per heavy atom. The molecule has 3 N–H and O–H groups in total. The average molecular weight is 1460 g/mol. The van der Waals surface area contributed by atoms with Gasteiger partial charge < -0.3 is 64.8 Å². The summed E-state index contributed by atoms with van der Waals surface area (Å²) in [4.78, 5) is 188. The van der Waals surface area contributed by atoms with Crippen molar-refractivity contribution in [2.75, 3.05) is 136 Å². The molecule has 0 aromatic heterocycles. The highest BCUT2D eigenvalue weighted by molar-refractivity contribution is 6.31. The maximum absolute atomic E-state index is 15.3. The van der Waals surface area contributed by atoms with Crippen LogP contribution in [0.25, 0.3) is 0 Å². The summed E-state index contributed by atoms with van der Waals surface area (Å²) in [6.45, 7) is 3.68. The SMILES string of the molecule is CC[C@H](C)[C@@H]1NC(=O)[C@H](C)N(C)C(=O)C[C@@H](C(=O)N2CCCCC2)N(C)C(=O)[C@H](C(C)C)N(C)C(=O)[C@H](COC)NC(=O)[C@H](CCN(CCF)CCF)N(C)C(=O)[C@H](CCc2ccc(C(F)(F)F)c(Cl)c2)NC(=O)CN(C)C(=O)[C@H](CC2CCCCC2)N(C)C(=O)CN(C)C(=O)CN(C)C1=O. The van der Waals surface area contributed by atoms with Crippen LogP contribution in [0.2, 0.25) is 5.02 Å². The summed E-state index contributed by atoms with van der Waals surface area (Å²) in [7, 11) is 11.7. The van der Waals surface area contributed by atoms with Crippen LogP contribution in [0.1, 0.15) is 129 Å². The number of piperidine rings is 1. The third kappa shape index (κ3) is 24.4. The third-order valence-corrected chi connectivity index (χ3v) is 20.2. The number of nitrogens with zero attached hydrogens (tertiary/aromatic N) is 10. The summed E-state index contributed by atoms with van der Waals surface area (Å²) in [6, 6.07) is -8.63. The first-order valence-electron chi connectivity index (χ1n) is 34.9. The van der Waals surface area contributed by atoms with Crippen molar-refractivity contribution < 1.29 is 84.2 Å². The molecule has 2 saturated heterocycles. The Morgan fingerprint density at radius 1 is 0.634 bits per heavy atom. The van der Waals surface area contributed by atoms with Crippen LogP contribution in [0.15, 0.2) is 18.2 Å². The van der Waals surface area contributed by atoms with Crippen molar-refractivity contribution in [1.82, 2.24) is 64.9 Å². The predicted molar refractivity (Wildman–Crippen MR) is 367 cm³/mol. The minimum absolute atomic E-state index is 0.0374. The molecule has 0 spiro atoms. The van der Waals surface area contributed by atoms with E-state index in [2.05, 4.69) is 16.0 Å². The molecule has 0 radical (unpaired) electrons. The highest BCUT2D eigenvalue weighted by atomic mass is 35.5. The highest BCUT2D eigenvalue weighted by Crippen LogP contribution is 2.36. The minimum Gasteiger partial charge on any atom is -0.382 e. The minimum atomic E-state index is -4.82. The number of benzene rings is 1. The van der Waals surface area contributed by atoms with Crippen LogP contribution in [0, 0.1) is 17.8 Å². The molecule has 0 unspecified atom stereocenters. The Morgan fingerprint density at radius 3 is 1.78 bits per heavy atom. The molecular weight excluding hydrogens is 1350 g/mol. The first-order valence-corrected chi connectivity index (χ1v) is 35.3. The van der Waals surface area contributed by atoms with Crippen LogP contribution in [0.3, 0.4) is 0 Å². The predicted octanol–water partition coefficient (Wildman–Crippen LogP) is 3.64. The molecule has 3 aliphatic rings. The van der Waals surface area contributed by atoms with Gasteiger partial charge in [-0.1, -0.05) is 83.9 Å². The first-order chi connectivity index (χ1) is 47.4. The van der Waals surface area contributed by atoms with Crippen molar-refractivity contribution in [3.63, 3.8) is 0 Å². The number of nitrogens with one attached hydrogen (secondary N) is 3. The summed E-state index contributed by atoms with van der Waals surface area (Å²) < 4.78 is 75.1. The number of hydrogen-bond acceptors (Lipinski definition) is 14. The molecule has 3 fully saturated rings. The van der Waals surface area contributed by atoms with Gasteiger partial charge in [-0.15, -0.1) is 0 Å². The molecule has 9 atom stereocenters. The van der Waals surface area contributed by atoms with Crippen LogP contribution in [0.5, 0.6) is 0 Å². The van der Waals surface area contributed by atoms with E-state index in [4.69, 9.17) is 16.3 Å². The number of rotatable bonds is 18. The smallest absolute Gasteiger partial charge is 0.382 e. The number of alkyl halides is 5. The Hall–Kier alpha value is -7.28. The van der Waals surface area contributed by atoms with E-state index in [1.165, 1.54) is 85.1 Å². The molecule has 0 bridgehead atoms. The molecule has 1 aromatic rings. The molecule has 1 saturated carbocycles. The number of likely N-dealkylation sites (tertiary alicyclic amines) is 1. The third-order valence-electron chi connectivity index (χ3n) is 19.9. The van der Waals surface area contributed by atoms with Gasteiger partial charge in [0, 0.05) is 96.2 Å². The quantitative estimate of drug-likeness (QED) is 0.177. The average Bonchev–Trinajstić information content (AvgIpc) is 0.806. The second kappa shape index (κ2) is 40.5. The lowest BCUT2D eigenvalue weighted by atomic mass is 9.84. The first kappa shape index (κ1) is 86.1. The zero-order valence-corrected chi connectivity index (χ0v) is 62.1. The summed E-state index contributed by atoms with van der Waals surface area (Å²) >= 11 is 6.13. The fourth-order valence-electron chi connectivity index (χ4n) is 13.1. The lowest BCUT2D eigenvalue weighted by Crippen LogP contribution is -2.62. The molecule has 2 heterocycles. The van der Waals surface area contributed by atoms with E-state index in [9.17, 15) is 60.3 Å². The largest absolute Gasteiger partial charge is 0.417 e. The molecular formula is C69H109ClF5N13O13. The van der Waals surface area contributed by atoms with Crippen molar-refractivity contribution in [2.24, 2.45) is 17.8 Å². The van der Waals surface area contributed by atoms with E-state index in [0.717, 1.165) is 91.0 Å². The fourth-order valence-corrected chi connectivity index (χ4v) is 13.4. The Bertz CT molecular complexity index is 3010. The number of methoxy groups -OCH3 is 1. The molecule has 1 aromatic carbocycles. The molecule has 570 valence electrons. The second-order valence-corrected chi connectivity index (χ2v) is 28.0. The van der Waals surface area contributed by atoms with E-state index in [1.54, 1.807) is 27.7 Å². The number of hydrogen-bond donors (Lipinski definition) is 3. The van der Waals surface area contributed by atoms with Gasteiger partial charge in [0.25, 0.3) is 0 Å². The highest BCUT2D eigenvalue weighted by Gasteiger charge is 2.44. The maximum Gasteiger partial charge on any atom is 0.417 e. The van der Waals surface area contributed by atoms with Crippen molar-refractivity contribution in [3.8, 4) is 0 Å². The van der Waals surface area contributed by atoms with Crippen LogP contribution in [0.4, 0.5) is 22.0 Å². The zero-order chi connectivity index (χ0) is 75.9. The lowest BCUT2D eigenvalue weighted by molar-refractivity contribution is -0.155. The van der Waals surface area contributed by atoms with Crippen LogP contribution < -0.4 is 16.0 Å². The second-order valence-electron chi connectivity index (χ2n) is 27.6. The van der Waals surface area contributed by atoms with E-state index in [1.807, 2.05) is 0 Å². The number of halogens is 6. The van der Waals surface area contributed by atoms with Gasteiger partial charge in [0.05, 0.1) is 43.2 Å². The number of carbonyl (C=O) groups excluding carboxylic acids is 12. The van der Waals surface area contributed by atoms with Gasteiger partial charge in [-0.2, -0.15) is 13.2 Å². The summed E-state index contributed by atoms with van der Waals surface area (Å²) in [5.74, 6) is -10.8. The van der Waals surface area contributed by atoms with Crippen molar-refractivity contribution in [1.29, 1.82) is 0 Å². The molecule has 2 aliphatic heterocycles. The van der Waals surface area contributed by atoms with Crippen molar-refractivity contribution in [3.05, 3.63) is 34.3 Å². The topological polar surface area (TPSA) is 283 Å². The van der Waals surface area contributed by atoms with Gasteiger partial charge in [0.15, 0.2) is 0 Å². The summed E-state index contributed by atoms with van der Waals surface area (Å²) in [5, 5.41) is 7.38. The van der Waals surface area contributed by atoms with Crippen molar-refractivity contribution in [2.45, 2.75) is 179 Å². The van der Waals surface area contributed by atoms with E-state index in [-0.39, 0.29) is 56.8 Å². The van der Waals surface area contributed by atoms with Crippen molar-refractivity contribution >= 4 is 82.5 Å². The standard InChI is InChI=1S/C69H109ClF5N13O13/c1-15-44(4)59-67(99)81(8)40-57(91)79(6)41-58(92)83(10)53(37-46-22-18-16-19-23-46)65(97)80(7)39-55(89)76-50(27-25-47-24-26-48(49(70)36-47)69(73,74)75)63(95)84(11)52(28-33-87(34-29-71)35-30-72)62(94)77-51(42-101-14)64(96)86(13)60(43(2)3)68(100)85(12)54(66(98)88-31-20-17-21-32-88)38-56(90)82(9)45(5)61(93)78-59/h24,26,36,43-46,50-54,59-60H,15-23,25,27-35,37-42H2,1-14H3,(H,76,89)(H,77,94)(H,78,93)/t44-,45-,50-,51-,52-,53-,54-,59-,60-/m0/s1. The number of amides is 12. The van der Waals surface area contributed by atoms with Gasteiger partial charge in [0.2, 0.25) is 70.9 Å². The molecule has 1 aliphatic carbocycles. The number of ether oxygens (including phenoxy) is 1. The van der Waals surface area contributed by atoms with Crippen LogP contribution >= 0.6 is 11.6 Å². The lowest BCUT2D eigenvalue weighted by Gasteiger charge is -2.39. The van der Waals surface area contributed by atoms with E-state index < -0.39 is 194 Å². The Labute approximate surface area is 596 Å². The molecule has 26 nitrogen and oxygen atoms in total. The van der Waals surface area contributed by atoms with E-state index >= 15 is 19.2 Å². The molecule has 12 amide bonds. The normalized spacial score (nSPS) is 24.8. The summed E-state index contributed by atoms with van der Waals surface area (Å²) in [5.41, 5.74) is -0.947. The molecule has 101 heavy (non-hydrogen) atoms. The van der Waals surface area contributed by atoms with Gasteiger partial charge in [-0.25, -0.2) is 8.78 Å². The Balaban J connectivity index is 1.93. The molecule has 4 rings (SSSR count).